The van der Waals surface area contributed by atoms with Gasteiger partial charge in [0.05, 0.1) is 23.4 Å². The lowest BCUT2D eigenvalue weighted by molar-refractivity contribution is -0.384. The fraction of sp³-hybridized carbons (Fsp3) is 0.0952. The number of nitro benzene ring substituents is 1. The minimum Gasteiger partial charge on any atom is -0.497 e. The number of nitrogens with one attached hydrogen (secondary N) is 1. The van der Waals surface area contributed by atoms with Gasteiger partial charge in [0.25, 0.3) is 11.6 Å². The molecule has 162 valence electrons. The molecule has 32 heavy (non-hydrogen) atoms. The minimum atomic E-state index is -0.636. The first-order valence-corrected chi connectivity index (χ1v) is 10.5. The second kappa shape index (κ2) is 8.77. The van der Waals surface area contributed by atoms with E-state index in [0.717, 1.165) is 23.1 Å². The lowest BCUT2D eigenvalue weighted by Gasteiger charge is -2.07. The average molecular weight is 470 g/mol. The average Bonchev–Trinajstić information content (AvgIpc) is 3.40. The van der Waals surface area contributed by atoms with Gasteiger partial charge in [-0.25, -0.2) is 4.98 Å². The number of methoxy groups -OCH3 is 1. The molecule has 0 spiro atoms. The monoisotopic (exact) mass is 469 g/mol. The Labute approximate surface area is 191 Å². The minimum absolute atomic E-state index is 0.0414. The van der Waals surface area contributed by atoms with E-state index in [4.69, 9.17) is 16.3 Å². The van der Waals surface area contributed by atoms with Crippen molar-refractivity contribution in [2.24, 2.45) is 0 Å². The molecule has 0 bridgehead atoms. The SMILES string of the molecule is COc1cccc(-c2csc(-n3nc(C)cc3NC(=O)c3ccc(Cl)c([N+](=O)[O-])c3)n2)c1. The molecule has 0 radical (unpaired) electrons. The summed E-state index contributed by atoms with van der Waals surface area (Å²) in [6, 6.07) is 13.1. The fourth-order valence-corrected chi connectivity index (χ4v) is 3.98. The number of carbonyl (C=O) groups is 1. The lowest BCUT2D eigenvalue weighted by atomic mass is 10.2. The van der Waals surface area contributed by atoms with E-state index in [9.17, 15) is 14.9 Å². The molecular weight excluding hydrogens is 454 g/mol. The van der Waals surface area contributed by atoms with Gasteiger partial charge >= 0.3 is 0 Å². The van der Waals surface area contributed by atoms with Crippen LogP contribution in [0.3, 0.4) is 0 Å². The van der Waals surface area contributed by atoms with Gasteiger partial charge in [-0.1, -0.05) is 23.7 Å². The third-order valence-corrected chi connectivity index (χ3v) is 5.65. The van der Waals surface area contributed by atoms with E-state index in [1.807, 2.05) is 29.6 Å². The lowest BCUT2D eigenvalue weighted by Crippen LogP contribution is -2.15. The number of rotatable bonds is 6. The zero-order valence-corrected chi connectivity index (χ0v) is 18.5. The summed E-state index contributed by atoms with van der Waals surface area (Å²) in [7, 11) is 1.60. The van der Waals surface area contributed by atoms with Crippen LogP contribution in [-0.4, -0.2) is 32.7 Å². The second-order valence-corrected chi connectivity index (χ2v) is 7.95. The molecule has 4 aromatic rings. The highest BCUT2D eigenvalue weighted by Gasteiger charge is 2.19. The van der Waals surface area contributed by atoms with Gasteiger partial charge in [-0.15, -0.1) is 11.3 Å². The van der Waals surface area contributed by atoms with E-state index in [0.29, 0.717) is 16.6 Å². The summed E-state index contributed by atoms with van der Waals surface area (Å²) in [4.78, 5) is 27.9. The van der Waals surface area contributed by atoms with Crippen LogP contribution in [0.1, 0.15) is 16.1 Å². The van der Waals surface area contributed by atoms with Crippen molar-refractivity contribution in [3.05, 3.63) is 80.3 Å². The van der Waals surface area contributed by atoms with Gasteiger partial charge in [-0.05, 0) is 31.2 Å². The maximum Gasteiger partial charge on any atom is 0.288 e. The Balaban J connectivity index is 1.63. The van der Waals surface area contributed by atoms with Crippen molar-refractivity contribution in [2.45, 2.75) is 6.92 Å². The number of hydrogen-bond acceptors (Lipinski definition) is 7. The fourth-order valence-electron chi connectivity index (χ4n) is 2.99. The number of hydrogen-bond donors (Lipinski definition) is 1. The molecule has 0 atom stereocenters. The summed E-state index contributed by atoms with van der Waals surface area (Å²) < 4.78 is 6.79. The first kappa shape index (κ1) is 21.5. The van der Waals surface area contributed by atoms with Crippen molar-refractivity contribution >= 4 is 40.4 Å². The van der Waals surface area contributed by atoms with Crippen molar-refractivity contribution in [3.8, 4) is 22.1 Å². The Morgan fingerprint density at radius 1 is 1.25 bits per heavy atom. The molecule has 0 fully saturated rings. The maximum absolute atomic E-state index is 12.7. The van der Waals surface area contributed by atoms with Crippen LogP contribution in [0.15, 0.2) is 53.9 Å². The number of thiazole rings is 1. The van der Waals surface area contributed by atoms with Gasteiger partial charge < -0.3 is 10.1 Å². The van der Waals surface area contributed by atoms with Crippen molar-refractivity contribution in [2.75, 3.05) is 12.4 Å². The zero-order chi connectivity index (χ0) is 22.8. The first-order valence-electron chi connectivity index (χ1n) is 9.28. The molecule has 1 N–H and O–H groups in total. The van der Waals surface area contributed by atoms with Crippen LogP contribution >= 0.6 is 22.9 Å². The number of anilines is 1. The topological polar surface area (TPSA) is 112 Å². The molecule has 2 aromatic heterocycles. The Morgan fingerprint density at radius 3 is 2.81 bits per heavy atom. The summed E-state index contributed by atoms with van der Waals surface area (Å²) in [5, 5.41) is 20.7. The predicted molar refractivity (Wildman–Crippen MR) is 122 cm³/mol. The molecule has 0 aliphatic rings. The highest BCUT2D eigenvalue weighted by molar-refractivity contribution is 7.12. The van der Waals surface area contributed by atoms with Crippen LogP contribution in [0.2, 0.25) is 5.02 Å². The zero-order valence-electron chi connectivity index (χ0n) is 16.9. The molecular formula is C21H16ClN5O4S. The molecule has 0 aliphatic carbocycles. The van der Waals surface area contributed by atoms with Crippen LogP contribution in [0.5, 0.6) is 5.75 Å². The normalized spacial score (nSPS) is 10.7. The number of ether oxygens (including phenoxy) is 1. The number of carbonyl (C=O) groups excluding carboxylic acids is 1. The number of aryl methyl sites for hydroxylation is 1. The molecule has 4 rings (SSSR count). The van der Waals surface area contributed by atoms with E-state index < -0.39 is 10.8 Å². The third-order valence-electron chi connectivity index (χ3n) is 4.52. The third kappa shape index (κ3) is 4.32. The quantitative estimate of drug-likeness (QED) is 0.309. The Hall–Kier alpha value is -3.76. The molecule has 2 aromatic carbocycles. The maximum atomic E-state index is 12.7. The Bertz CT molecular complexity index is 1330. The van der Waals surface area contributed by atoms with Gasteiger partial charge in [0.2, 0.25) is 5.13 Å². The molecule has 0 unspecified atom stereocenters. The van der Waals surface area contributed by atoms with Crippen LogP contribution < -0.4 is 10.1 Å². The van der Waals surface area contributed by atoms with E-state index in [2.05, 4.69) is 15.4 Å². The van der Waals surface area contributed by atoms with Crippen LogP contribution in [-0.2, 0) is 0 Å². The highest BCUT2D eigenvalue weighted by atomic mass is 35.5. The molecule has 0 saturated heterocycles. The largest absolute Gasteiger partial charge is 0.497 e. The Morgan fingerprint density at radius 2 is 2.06 bits per heavy atom. The second-order valence-electron chi connectivity index (χ2n) is 6.71. The van der Waals surface area contributed by atoms with Crippen LogP contribution in [0.25, 0.3) is 16.4 Å². The predicted octanol–water partition coefficient (Wildman–Crippen LogP) is 5.13. The van der Waals surface area contributed by atoms with Crippen molar-refractivity contribution in [3.63, 3.8) is 0 Å². The van der Waals surface area contributed by atoms with Gasteiger partial charge in [0.15, 0.2) is 0 Å². The van der Waals surface area contributed by atoms with E-state index in [1.54, 1.807) is 20.1 Å². The number of benzene rings is 2. The van der Waals surface area contributed by atoms with Gasteiger partial charge in [-0.3, -0.25) is 14.9 Å². The highest BCUT2D eigenvalue weighted by Crippen LogP contribution is 2.29. The Kier molecular flexibility index (Phi) is 5.89. The summed E-state index contributed by atoms with van der Waals surface area (Å²) >= 11 is 7.19. The smallest absolute Gasteiger partial charge is 0.288 e. The van der Waals surface area contributed by atoms with Crippen molar-refractivity contribution < 1.29 is 14.5 Å². The van der Waals surface area contributed by atoms with Crippen LogP contribution in [0, 0.1) is 17.0 Å². The van der Waals surface area contributed by atoms with E-state index in [-0.39, 0.29) is 16.3 Å². The standard InChI is InChI=1S/C21H16ClN5O4S/c1-12-8-19(24-20(28)14-6-7-16(22)18(10-14)27(29)30)26(25-12)21-23-17(11-32-21)13-4-3-5-15(9-13)31-2/h3-11H,1-2H3,(H,24,28). The summed E-state index contributed by atoms with van der Waals surface area (Å²) in [5.74, 6) is 0.573. The summed E-state index contributed by atoms with van der Waals surface area (Å²) in [6.45, 7) is 1.79. The number of nitro groups is 1. The molecule has 9 nitrogen and oxygen atoms in total. The number of aromatic nitrogens is 3. The van der Waals surface area contributed by atoms with Gasteiger partial charge in [0, 0.05) is 28.6 Å². The van der Waals surface area contributed by atoms with Gasteiger partial charge in [-0.2, -0.15) is 9.78 Å². The molecule has 2 heterocycles. The number of halogens is 1. The van der Waals surface area contributed by atoms with E-state index >= 15 is 0 Å². The molecule has 1 amide bonds. The number of amides is 1. The molecule has 0 aliphatic heterocycles. The number of nitrogens with zero attached hydrogens (tertiary/aromatic N) is 4. The van der Waals surface area contributed by atoms with E-state index in [1.165, 1.54) is 28.2 Å². The first-order chi connectivity index (χ1) is 15.4. The van der Waals surface area contributed by atoms with Crippen molar-refractivity contribution in [1.29, 1.82) is 0 Å². The molecule has 11 heteroatoms. The molecule has 0 saturated carbocycles. The summed E-state index contributed by atoms with van der Waals surface area (Å²) in [6.07, 6.45) is 0. The van der Waals surface area contributed by atoms with Crippen molar-refractivity contribution in [1.82, 2.24) is 14.8 Å². The summed E-state index contributed by atoms with van der Waals surface area (Å²) in [5.41, 5.74) is 2.05. The van der Waals surface area contributed by atoms with Gasteiger partial charge in [0.1, 0.15) is 16.6 Å². The van der Waals surface area contributed by atoms with Crippen LogP contribution in [0.4, 0.5) is 11.5 Å².